The molecule has 31 heavy (non-hydrogen) atoms. The van der Waals surface area contributed by atoms with Gasteiger partial charge in [0.1, 0.15) is 0 Å². The maximum atomic E-state index is 4.73. The molecule has 2 N–H and O–H groups in total. The van der Waals surface area contributed by atoms with E-state index < -0.39 is 0 Å². The Balaban J connectivity index is 0.00000132. The molecule has 1 aromatic heterocycles. The highest BCUT2D eigenvalue weighted by Gasteiger charge is 2.29. The molecule has 4 nitrogen and oxygen atoms in total. The average molecular weight is 419 g/mol. The van der Waals surface area contributed by atoms with E-state index >= 15 is 0 Å². The second-order valence-electron chi connectivity index (χ2n) is 9.13. The third-order valence-corrected chi connectivity index (χ3v) is 6.41. The van der Waals surface area contributed by atoms with Gasteiger partial charge in [-0.25, -0.2) is 9.97 Å². The summed E-state index contributed by atoms with van der Waals surface area (Å²) in [6.07, 6.45) is 8.27. The summed E-state index contributed by atoms with van der Waals surface area (Å²) in [5, 5.41) is 6.93. The van der Waals surface area contributed by atoms with E-state index in [-0.39, 0.29) is 5.41 Å². The van der Waals surface area contributed by atoms with E-state index in [4.69, 9.17) is 4.98 Å². The number of nitrogens with one attached hydrogen (secondary N) is 2. The van der Waals surface area contributed by atoms with Crippen molar-refractivity contribution in [3.05, 3.63) is 65.5 Å². The van der Waals surface area contributed by atoms with E-state index in [1.807, 2.05) is 27.0 Å². The zero-order chi connectivity index (χ0) is 22.6. The molecular weight excluding hydrogens is 380 g/mol. The van der Waals surface area contributed by atoms with Crippen LogP contribution in [-0.2, 0) is 5.41 Å². The number of aryl methyl sites for hydroxylation is 1. The van der Waals surface area contributed by atoms with E-state index in [2.05, 4.69) is 60.8 Å². The van der Waals surface area contributed by atoms with Gasteiger partial charge in [-0.1, -0.05) is 72.2 Å². The topological polar surface area (TPSA) is 49.8 Å². The molecule has 2 aliphatic rings. The zero-order valence-electron chi connectivity index (χ0n) is 19.9. The molecule has 1 aliphatic carbocycles. The molecule has 2 aromatic rings. The van der Waals surface area contributed by atoms with Crippen molar-refractivity contribution < 1.29 is 0 Å². The maximum absolute atomic E-state index is 4.73. The van der Waals surface area contributed by atoms with Gasteiger partial charge in [-0.15, -0.1) is 0 Å². The van der Waals surface area contributed by atoms with Gasteiger partial charge in [-0.05, 0) is 42.5 Å². The van der Waals surface area contributed by atoms with E-state index in [1.54, 1.807) is 0 Å². The molecule has 4 rings (SSSR count). The molecule has 0 spiro atoms. The third kappa shape index (κ3) is 5.00. The van der Waals surface area contributed by atoms with E-state index in [9.17, 15) is 0 Å². The van der Waals surface area contributed by atoms with Crippen molar-refractivity contribution in [3.63, 3.8) is 0 Å². The van der Waals surface area contributed by atoms with Gasteiger partial charge in [-0.3, -0.25) is 0 Å². The minimum Gasteiger partial charge on any atom is -0.384 e. The lowest BCUT2D eigenvalue weighted by molar-refractivity contribution is 0.460. The third-order valence-electron chi connectivity index (χ3n) is 6.41. The number of aromatic nitrogens is 2. The lowest BCUT2D eigenvalue weighted by Crippen LogP contribution is -2.37. The fourth-order valence-electron chi connectivity index (χ4n) is 4.49. The normalized spacial score (nSPS) is 17.6. The molecule has 0 amide bonds. The molecule has 2 heterocycles. The van der Waals surface area contributed by atoms with Crippen molar-refractivity contribution in [1.82, 2.24) is 15.3 Å². The number of hydrogen-bond donors (Lipinski definition) is 2. The molecule has 1 aromatic carbocycles. The van der Waals surface area contributed by atoms with Crippen LogP contribution in [0.15, 0.2) is 37.6 Å². The van der Waals surface area contributed by atoms with Gasteiger partial charge in [0.05, 0.1) is 5.69 Å². The van der Waals surface area contributed by atoms with Crippen LogP contribution in [0.1, 0.15) is 87.7 Å². The highest BCUT2D eigenvalue weighted by molar-refractivity contribution is 5.81. The van der Waals surface area contributed by atoms with Crippen LogP contribution < -0.4 is 10.6 Å². The molecule has 0 radical (unpaired) electrons. The number of nitrogens with zero attached hydrogens (tertiary/aromatic N) is 2. The number of anilines is 1. The van der Waals surface area contributed by atoms with Gasteiger partial charge < -0.3 is 10.6 Å². The van der Waals surface area contributed by atoms with Gasteiger partial charge in [0, 0.05) is 41.0 Å². The van der Waals surface area contributed by atoms with Crippen molar-refractivity contribution in [2.24, 2.45) is 0 Å². The van der Waals surface area contributed by atoms with Crippen molar-refractivity contribution in [2.45, 2.75) is 78.2 Å². The predicted octanol–water partition coefficient (Wildman–Crippen LogP) is 6.47. The van der Waals surface area contributed by atoms with Crippen molar-refractivity contribution >= 4 is 17.2 Å². The fourth-order valence-corrected chi connectivity index (χ4v) is 4.49. The second kappa shape index (κ2) is 9.67. The molecule has 4 heteroatoms. The lowest BCUT2D eigenvalue weighted by Gasteiger charge is -2.35. The Morgan fingerprint density at radius 3 is 2.55 bits per heavy atom. The van der Waals surface area contributed by atoms with Gasteiger partial charge >= 0.3 is 0 Å². The van der Waals surface area contributed by atoms with E-state index in [0.717, 1.165) is 40.6 Å². The Morgan fingerprint density at radius 1 is 1.16 bits per heavy atom. The van der Waals surface area contributed by atoms with E-state index in [0.29, 0.717) is 6.04 Å². The van der Waals surface area contributed by atoms with Crippen LogP contribution >= 0.6 is 0 Å². The predicted molar refractivity (Wildman–Crippen MR) is 133 cm³/mol. The summed E-state index contributed by atoms with van der Waals surface area (Å²) < 4.78 is 0. The van der Waals surface area contributed by atoms with Crippen LogP contribution in [0.4, 0.5) is 5.95 Å². The van der Waals surface area contributed by atoms with Crippen molar-refractivity contribution in [3.8, 4) is 0 Å². The van der Waals surface area contributed by atoms with Crippen LogP contribution in [0.3, 0.4) is 0 Å². The minimum absolute atomic E-state index is 0.0477. The summed E-state index contributed by atoms with van der Waals surface area (Å²) in [5.41, 5.74) is 7.60. The summed E-state index contributed by atoms with van der Waals surface area (Å²) in [7, 11) is 0. The Hall–Kier alpha value is -2.62. The van der Waals surface area contributed by atoms with Crippen molar-refractivity contribution in [1.29, 1.82) is 0 Å². The second-order valence-corrected chi connectivity index (χ2v) is 9.13. The summed E-state index contributed by atoms with van der Waals surface area (Å²) in [4.78, 5) is 9.34. The standard InChI is InChI=1S/C25H32N4.C2H6/c1-16(19-11-12-21-17(2)27-15-25(4,5)23(21)13-19)22-14-26-24(28-18(22)3)29-20-9-7-6-8-10-20;1-2/h11-14,20,27H,1-2,6-10,15H2,3-5H3,(H,26,28,29);1-2H3. The lowest BCUT2D eigenvalue weighted by atomic mass is 9.77. The van der Waals surface area contributed by atoms with Gasteiger partial charge in [-0.2, -0.15) is 0 Å². The van der Waals surface area contributed by atoms with Gasteiger partial charge in [0.25, 0.3) is 0 Å². The molecule has 0 atom stereocenters. The molecule has 1 saturated carbocycles. The number of benzene rings is 1. The van der Waals surface area contributed by atoms with E-state index in [1.165, 1.54) is 43.2 Å². The van der Waals surface area contributed by atoms with Gasteiger partial charge in [0.15, 0.2) is 0 Å². The molecule has 0 unspecified atom stereocenters. The highest BCUT2D eigenvalue weighted by atomic mass is 15.1. The first-order valence-corrected chi connectivity index (χ1v) is 11.7. The Morgan fingerprint density at radius 2 is 1.87 bits per heavy atom. The highest BCUT2D eigenvalue weighted by Crippen LogP contribution is 2.36. The van der Waals surface area contributed by atoms with Crippen LogP contribution in [0, 0.1) is 6.92 Å². The van der Waals surface area contributed by atoms with Gasteiger partial charge in [0.2, 0.25) is 5.95 Å². The molecule has 0 saturated heterocycles. The minimum atomic E-state index is 0.0477. The molecule has 0 bridgehead atoms. The SMILES string of the molecule is C=C1NCC(C)(C)c2cc(C(=C)c3cnc(NC4CCCCC4)nc3C)ccc21.CC. The molecule has 1 fully saturated rings. The summed E-state index contributed by atoms with van der Waals surface area (Å²) in [6.45, 7) is 20.0. The Bertz CT molecular complexity index is 952. The summed E-state index contributed by atoms with van der Waals surface area (Å²) in [6, 6.07) is 7.04. The quantitative estimate of drug-likeness (QED) is 0.597. The molecular formula is C27H38N4. The monoisotopic (exact) mass is 418 g/mol. The number of hydrogen-bond acceptors (Lipinski definition) is 4. The first-order chi connectivity index (χ1) is 14.8. The van der Waals surface area contributed by atoms with Crippen LogP contribution in [-0.4, -0.2) is 22.6 Å². The van der Waals surface area contributed by atoms with Crippen LogP contribution in [0.25, 0.3) is 11.3 Å². The largest absolute Gasteiger partial charge is 0.384 e. The fraction of sp³-hybridized carbons (Fsp3) is 0.481. The first kappa shape index (κ1) is 23.1. The van der Waals surface area contributed by atoms with Crippen molar-refractivity contribution in [2.75, 3.05) is 11.9 Å². The van der Waals surface area contributed by atoms with Crippen LogP contribution in [0.2, 0.25) is 0 Å². The Kier molecular flexibility index (Phi) is 7.19. The summed E-state index contributed by atoms with van der Waals surface area (Å²) >= 11 is 0. The molecule has 1 aliphatic heterocycles. The number of rotatable bonds is 4. The smallest absolute Gasteiger partial charge is 0.223 e. The zero-order valence-corrected chi connectivity index (χ0v) is 19.9. The molecule has 166 valence electrons. The first-order valence-electron chi connectivity index (χ1n) is 11.7. The maximum Gasteiger partial charge on any atom is 0.223 e. The number of fused-ring (bicyclic) bond motifs is 1. The average Bonchev–Trinajstić information content (AvgIpc) is 2.78. The Labute approximate surface area is 188 Å². The van der Waals surface area contributed by atoms with Crippen LogP contribution in [0.5, 0.6) is 0 Å². The summed E-state index contributed by atoms with van der Waals surface area (Å²) in [5.74, 6) is 0.736.